The summed E-state index contributed by atoms with van der Waals surface area (Å²) in [6, 6.07) is 0. The first-order chi connectivity index (χ1) is 8.91. The summed E-state index contributed by atoms with van der Waals surface area (Å²) in [6.07, 6.45) is 0.446. The average molecular weight is 274 g/mol. The summed E-state index contributed by atoms with van der Waals surface area (Å²) < 4.78 is 18.7. The quantitative estimate of drug-likeness (QED) is 0.718. The van der Waals surface area contributed by atoms with Gasteiger partial charge in [-0.05, 0) is 30.1 Å². The van der Waals surface area contributed by atoms with Crippen LogP contribution in [0.15, 0.2) is 0 Å². The zero-order chi connectivity index (χ0) is 14.5. The molecule has 1 aliphatic carbocycles. The van der Waals surface area contributed by atoms with Crippen LogP contribution in [-0.4, -0.2) is 39.7 Å². The first-order valence-electron chi connectivity index (χ1n) is 6.33. The molecule has 0 aromatic rings. The zero-order valence-electron chi connectivity index (χ0n) is 11.9. The molecule has 0 heterocycles. The van der Waals surface area contributed by atoms with E-state index < -0.39 is 12.3 Å². The Morgan fingerprint density at radius 3 is 2.16 bits per heavy atom. The van der Waals surface area contributed by atoms with E-state index in [1.165, 1.54) is 14.2 Å². The first kappa shape index (κ1) is 15.6. The molecule has 0 aliphatic heterocycles. The van der Waals surface area contributed by atoms with Crippen molar-refractivity contribution in [2.75, 3.05) is 27.4 Å². The maximum absolute atomic E-state index is 10.9. The molecule has 1 fully saturated rings. The lowest BCUT2D eigenvalue weighted by atomic mass is 9.54. The second-order valence-electron chi connectivity index (χ2n) is 5.31. The van der Waals surface area contributed by atoms with E-state index in [1.807, 2.05) is 0 Å². The van der Waals surface area contributed by atoms with Crippen LogP contribution in [0.4, 0.5) is 9.59 Å². The molecule has 0 spiro atoms. The SMILES string of the molecule is COC(=O)OCCC1CC(COC(=O)OC)C1(C)C. The van der Waals surface area contributed by atoms with Crippen LogP contribution < -0.4 is 0 Å². The highest BCUT2D eigenvalue weighted by Crippen LogP contribution is 2.52. The Morgan fingerprint density at radius 1 is 1.05 bits per heavy atom. The molecule has 2 unspecified atom stereocenters. The van der Waals surface area contributed by atoms with Gasteiger partial charge in [0.25, 0.3) is 0 Å². The fourth-order valence-corrected chi connectivity index (χ4v) is 2.47. The minimum absolute atomic E-state index is 0.0630. The molecule has 0 N–H and O–H groups in total. The van der Waals surface area contributed by atoms with Gasteiger partial charge >= 0.3 is 12.3 Å². The van der Waals surface area contributed by atoms with Gasteiger partial charge in [-0.3, -0.25) is 0 Å². The highest BCUT2D eigenvalue weighted by Gasteiger charge is 2.48. The predicted octanol–water partition coefficient (Wildman–Crippen LogP) is 2.60. The standard InChI is InChI=1S/C13H22O6/c1-13(2)9(5-6-18-11(14)16-3)7-10(13)8-19-12(15)17-4/h9-10H,5-8H2,1-4H3. The summed E-state index contributed by atoms with van der Waals surface area (Å²) in [5.74, 6) is 0.762. The van der Waals surface area contributed by atoms with Gasteiger partial charge in [0.1, 0.15) is 0 Å². The van der Waals surface area contributed by atoms with E-state index in [4.69, 9.17) is 9.47 Å². The largest absolute Gasteiger partial charge is 0.507 e. The molecule has 0 amide bonds. The average Bonchev–Trinajstić information content (AvgIpc) is 2.39. The van der Waals surface area contributed by atoms with E-state index >= 15 is 0 Å². The summed E-state index contributed by atoms with van der Waals surface area (Å²) in [5.41, 5.74) is 0.0630. The fourth-order valence-electron chi connectivity index (χ4n) is 2.47. The Balaban J connectivity index is 2.26. The highest BCUT2D eigenvalue weighted by atomic mass is 16.7. The van der Waals surface area contributed by atoms with Gasteiger partial charge in [0.2, 0.25) is 0 Å². The lowest BCUT2D eigenvalue weighted by molar-refractivity contribution is -0.0733. The third-order valence-corrected chi connectivity index (χ3v) is 4.10. The van der Waals surface area contributed by atoms with Crippen molar-refractivity contribution < 1.29 is 28.5 Å². The summed E-state index contributed by atoms with van der Waals surface area (Å²) in [4.78, 5) is 21.7. The fraction of sp³-hybridized carbons (Fsp3) is 0.846. The Hall–Kier alpha value is -1.46. The number of carbonyl (C=O) groups excluding carboxylic acids is 2. The number of rotatable bonds is 5. The van der Waals surface area contributed by atoms with Crippen molar-refractivity contribution >= 4 is 12.3 Å². The van der Waals surface area contributed by atoms with Crippen LogP contribution in [0.3, 0.4) is 0 Å². The number of hydrogen-bond acceptors (Lipinski definition) is 6. The van der Waals surface area contributed by atoms with E-state index in [2.05, 4.69) is 23.3 Å². The van der Waals surface area contributed by atoms with Crippen molar-refractivity contribution in [2.24, 2.45) is 17.3 Å². The lowest BCUT2D eigenvalue weighted by Crippen LogP contribution is -2.47. The van der Waals surface area contributed by atoms with Crippen LogP contribution in [0.1, 0.15) is 26.7 Å². The van der Waals surface area contributed by atoms with Crippen LogP contribution in [0.25, 0.3) is 0 Å². The second-order valence-corrected chi connectivity index (χ2v) is 5.31. The minimum atomic E-state index is -0.650. The third-order valence-electron chi connectivity index (χ3n) is 4.10. The van der Waals surface area contributed by atoms with Crippen LogP contribution in [-0.2, 0) is 18.9 Å². The zero-order valence-corrected chi connectivity index (χ0v) is 11.9. The van der Waals surface area contributed by atoms with E-state index in [9.17, 15) is 9.59 Å². The number of ether oxygens (including phenoxy) is 4. The molecule has 1 aliphatic rings. The summed E-state index contributed by atoms with van der Waals surface area (Å²) in [5, 5.41) is 0. The van der Waals surface area contributed by atoms with Gasteiger partial charge in [-0.25, -0.2) is 9.59 Å². The van der Waals surface area contributed by atoms with Crippen molar-refractivity contribution in [3.63, 3.8) is 0 Å². The summed E-state index contributed by atoms with van der Waals surface area (Å²) >= 11 is 0. The molecule has 1 saturated carbocycles. The summed E-state index contributed by atoms with van der Waals surface area (Å²) in [7, 11) is 2.58. The molecule has 1 rings (SSSR count). The molecule has 0 aromatic carbocycles. The molecule has 0 bridgehead atoms. The lowest BCUT2D eigenvalue weighted by Gasteiger charge is -2.52. The van der Waals surface area contributed by atoms with E-state index in [1.54, 1.807) is 0 Å². The predicted molar refractivity (Wildman–Crippen MR) is 66.7 cm³/mol. The Kier molecular flexibility index (Phi) is 5.44. The van der Waals surface area contributed by atoms with E-state index in [-0.39, 0.29) is 5.41 Å². The Morgan fingerprint density at radius 2 is 1.63 bits per heavy atom. The van der Waals surface area contributed by atoms with Crippen LogP contribution >= 0.6 is 0 Å². The van der Waals surface area contributed by atoms with Gasteiger partial charge in [-0.2, -0.15) is 0 Å². The molecular formula is C13H22O6. The molecule has 0 saturated heterocycles. The molecule has 110 valence electrons. The topological polar surface area (TPSA) is 71.1 Å². The molecule has 0 radical (unpaired) electrons. The maximum Gasteiger partial charge on any atom is 0.507 e. The molecule has 19 heavy (non-hydrogen) atoms. The van der Waals surface area contributed by atoms with Crippen LogP contribution in [0.5, 0.6) is 0 Å². The monoisotopic (exact) mass is 274 g/mol. The van der Waals surface area contributed by atoms with Gasteiger partial charge in [-0.15, -0.1) is 0 Å². The van der Waals surface area contributed by atoms with Gasteiger partial charge in [0.05, 0.1) is 27.4 Å². The third kappa shape index (κ3) is 4.01. The maximum atomic E-state index is 10.9. The molecule has 6 nitrogen and oxygen atoms in total. The van der Waals surface area contributed by atoms with Gasteiger partial charge in [0.15, 0.2) is 0 Å². The minimum Gasteiger partial charge on any atom is -0.438 e. The van der Waals surface area contributed by atoms with Crippen molar-refractivity contribution in [2.45, 2.75) is 26.7 Å². The number of hydrogen-bond donors (Lipinski definition) is 0. The molecule has 2 atom stereocenters. The van der Waals surface area contributed by atoms with E-state index in [0.29, 0.717) is 25.0 Å². The van der Waals surface area contributed by atoms with Crippen molar-refractivity contribution in [1.82, 2.24) is 0 Å². The van der Waals surface area contributed by atoms with E-state index in [0.717, 1.165) is 12.8 Å². The number of methoxy groups -OCH3 is 2. The molecule has 6 heteroatoms. The van der Waals surface area contributed by atoms with Crippen molar-refractivity contribution in [1.29, 1.82) is 0 Å². The normalized spacial score (nSPS) is 24.0. The Labute approximate surface area is 113 Å². The van der Waals surface area contributed by atoms with Crippen LogP contribution in [0.2, 0.25) is 0 Å². The highest BCUT2D eigenvalue weighted by molar-refractivity contribution is 5.59. The second kappa shape index (κ2) is 6.63. The van der Waals surface area contributed by atoms with Gasteiger partial charge in [0, 0.05) is 0 Å². The first-order valence-corrected chi connectivity index (χ1v) is 6.33. The molecule has 0 aromatic heterocycles. The van der Waals surface area contributed by atoms with Gasteiger partial charge < -0.3 is 18.9 Å². The smallest absolute Gasteiger partial charge is 0.438 e. The summed E-state index contributed by atoms with van der Waals surface area (Å²) in [6.45, 7) is 4.98. The van der Waals surface area contributed by atoms with Gasteiger partial charge in [-0.1, -0.05) is 13.8 Å². The Bertz CT molecular complexity index is 325. The van der Waals surface area contributed by atoms with Crippen LogP contribution in [0, 0.1) is 17.3 Å². The molecular weight excluding hydrogens is 252 g/mol. The van der Waals surface area contributed by atoms with Crippen molar-refractivity contribution in [3.8, 4) is 0 Å². The number of carbonyl (C=O) groups is 2. The van der Waals surface area contributed by atoms with Crippen molar-refractivity contribution in [3.05, 3.63) is 0 Å².